The van der Waals surface area contributed by atoms with Crippen molar-refractivity contribution in [1.29, 1.82) is 0 Å². The SMILES string of the molecule is Cc1cc(Cl)cc2c1OC1(CCNC1)CC2N(C)C. The van der Waals surface area contributed by atoms with Gasteiger partial charge in [-0.2, -0.15) is 0 Å². The van der Waals surface area contributed by atoms with Crippen LogP contribution in [0.5, 0.6) is 5.75 Å². The summed E-state index contributed by atoms with van der Waals surface area (Å²) < 4.78 is 6.40. The van der Waals surface area contributed by atoms with Crippen LogP contribution in [0.15, 0.2) is 12.1 Å². The molecule has 2 aliphatic rings. The van der Waals surface area contributed by atoms with Gasteiger partial charge in [0.2, 0.25) is 0 Å². The number of benzene rings is 1. The molecule has 0 saturated carbocycles. The van der Waals surface area contributed by atoms with Crippen molar-refractivity contribution in [3.05, 3.63) is 28.3 Å². The number of ether oxygens (including phenoxy) is 1. The first-order valence-electron chi connectivity index (χ1n) is 6.87. The van der Waals surface area contributed by atoms with Gasteiger partial charge in [-0.3, -0.25) is 0 Å². The van der Waals surface area contributed by atoms with Crippen LogP contribution in [0.1, 0.15) is 30.0 Å². The van der Waals surface area contributed by atoms with Crippen molar-refractivity contribution in [3.8, 4) is 5.75 Å². The average Bonchev–Trinajstić information content (AvgIpc) is 2.78. The van der Waals surface area contributed by atoms with Gasteiger partial charge < -0.3 is 15.0 Å². The molecule has 1 spiro atoms. The molecule has 1 N–H and O–H groups in total. The molecule has 3 rings (SSSR count). The zero-order valence-electron chi connectivity index (χ0n) is 11.8. The van der Waals surface area contributed by atoms with Gasteiger partial charge in [-0.25, -0.2) is 0 Å². The van der Waals surface area contributed by atoms with Gasteiger partial charge in [0.25, 0.3) is 0 Å². The molecule has 3 nitrogen and oxygen atoms in total. The smallest absolute Gasteiger partial charge is 0.128 e. The highest BCUT2D eigenvalue weighted by Gasteiger charge is 2.44. The molecule has 1 aromatic carbocycles. The first kappa shape index (κ1) is 13.2. The summed E-state index contributed by atoms with van der Waals surface area (Å²) in [4.78, 5) is 2.27. The predicted molar refractivity (Wildman–Crippen MR) is 78.1 cm³/mol. The van der Waals surface area contributed by atoms with Crippen LogP contribution in [0.4, 0.5) is 0 Å². The maximum atomic E-state index is 6.40. The van der Waals surface area contributed by atoms with E-state index in [4.69, 9.17) is 16.3 Å². The molecule has 2 aliphatic heterocycles. The monoisotopic (exact) mass is 280 g/mol. The van der Waals surface area contributed by atoms with E-state index in [1.807, 2.05) is 6.07 Å². The second-order valence-corrected chi connectivity index (χ2v) is 6.47. The van der Waals surface area contributed by atoms with E-state index in [9.17, 15) is 0 Å². The van der Waals surface area contributed by atoms with Crippen LogP contribution in [0.3, 0.4) is 0 Å². The van der Waals surface area contributed by atoms with E-state index in [1.165, 1.54) is 5.56 Å². The van der Waals surface area contributed by atoms with Gasteiger partial charge in [0.05, 0.1) is 0 Å². The first-order valence-corrected chi connectivity index (χ1v) is 7.25. The second-order valence-electron chi connectivity index (χ2n) is 6.04. The Bertz CT molecular complexity index is 495. The Morgan fingerprint density at radius 3 is 2.84 bits per heavy atom. The second kappa shape index (κ2) is 4.65. The normalized spacial score (nSPS) is 29.6. The largest absolute Gasteiger partial charge is 0.485 e. The summed E-state index contributed by atoms with van der Waals surface area (Å²) in [6, 6.07) is 4.43. The highest BCUT2D eigenvalue weighted by Crippen LogP contribution is 2.46. The van der Waals surface area contributed by atoms with Crippen molar-refractivity contribution >= 4 is 11.6 Å². The molecular weight excluding hydrogens is 260 g/mol. The molecule has 0 aliphatic carbocycles. The minimum atomic E-state index is -0.0411. The fourth-order valence-corrected chi connectivity index (χ4v) is 3.59. The predicted octanol–water partition coefficient (Wildman–Crippen LogP) is 2.77. The molecule has 1 saturated heterocycles. The van der Waals surface area contributed by atoms with Crippen LogP contribution in [-0.4, -0.2) is 37.7 Å². The summed E-state index contributed by atoms with van der Waals surface area (Å²) in [7, 11) is 4.26. The summed E-state index contributed by atoms with van der Waals surface area (Å²) in [5, 5.41) is 4.23. The Morgan fingerprint density at radius 1 is 1.42 bits per heavy atom. The van der Waals surface area contributed by atoms with E-state index >= 15 is 0 Å². The molecule has 1 fully saturated rings. The van der Waals surface area contributed by atoms with Crippen molar-refractivity contribution < 1.29 is 4.74 Å². The zero-order chi connectivity index (χ0) is 13.6. The molecule has 4 heteroatoms. The third-order valence-corrected chi connectivity index (χ3v) is 4.56. The lowest BCUT2D eigenvalue weighted by atomic mass is 9.85. The molecule has 0 amide bonds. The number of hydrogen-bond donors (Lipinski definition) is 1. The molecule has 0 radical (unpaired) electrons. The number of nitrogens with one attached hydrogen (secondary N) is 1. The Morgan fingerprint density at radius 2 is 2.21 bits per heavy atom. The number of aryl methyl sites for hydroxylation is 1. The van der Waals surface area contributed by atoms with E-state index in [-0.39, 0.29) is 5.60 Å². The van der Waals surface area contributed by atoms with Gasteiger partial charge in [0, 0.05) is 36.0 Å². The summed E-state index contributed by atoms with van der Waals surface area (Å²) in [5.74, 6) is 1.04. The van der Waals surface area contributed by atoms with Crippen molar-refractivity contribution in [2.45, 2.75) is 31.4 Å². The van der Waals surface area contributed by atoms with Crippen LogP contribution >= 0.6 is 11.6 Å². The molecule has 2 heterocycles. The standard InChI is InChI=1S/C15H21ClN2O/c1-10-6-11(16)7-12-13(18(2)3)8-15(19-14(10)12)4-5-17-9-15/h6-7,13,17H,4-5,8-9H2,1-3H3. The van der Waals surface area contributed by atoms with Gasteiger partial charge >= 0.3 is 0 Å². The Balaban J connectivity index is 2.09. The third-order valence-electron chi connectivity index (χ3n) is 4.34. The van der Waals surface area contributed by atoms with Gasteiger partial charge in [0.15, 0.2) is 0 Å². The van der Waals surface area contributed by atoms with Crippen LogP contribution < -0.4 is 10.1 Å². The van der Waals surface area contributed by atoms with E-state index < -0.39 is 0 Å². The lowest BCUT2D eigenvalue weighted by Crippen LogP contribution is -2.45. The molecule has 0 aromatic heterocycles. The number of fused-ring (bicyclic) bond motifs is 1. The number of nitrogens with zero attached hydrogens (tertiary/aromatic N) is 1. The Hall–Kier alpha value is -0.770. The van der Waals surface area contributed by atoms with E-state index in [0.717, 1.165) is 42.3 Å². The maximum absolute atomic E-state index is 6.40. The average molecular weight is 281 g/mol. The first-order chi connectivity index (χ1) is 9.01. The minimum absolute atomic E-state index is 0.0411. The number of rotatable bonds is 1. The lowest BCUT2D eigenvalue weighted by molar-refractivity contribution is 0.0282. The van der Waals surface area contributed by atoms with Gasteiger partial charge in [0.1, 0.15) is 11.4 Å². The Kier molecular flexibility index (Phi) is 3.24. The highest BCUT2D eigenvalue weighted by molar-refractivity contribution is 6.30. The van der Waals surface area contributed by atoms with Crippen molar-refractivity contribution in [1.82, 2.24) is 10.2 Å². The van der Waals surface area contributed by atoms with Crippen LogP contribution in [0, 0.1) is 6.92 Å². The van der Waals surface area contributed by atoms with Gasteiger partial charge in [-0.1, -0.05) is 11.6 Å². The molecule has 19 heavy (non-hydrogen) atoms. The summed E-state index contributed by atoms with van der Waals surface area (Å²) >= 11 is 6.22. The molecule has 1 aromatic rings. The minimum Gasteiger partial charge on any atom is -0.485 e. The molecule has 104 valence electrons. The molecule has 2 unspecified atom stereocenters. The van der Waals surface area contributed by atoms with Crippen LogP contribution in [0.2, 0.25) is 5.02 Å². The van der Waals surface area contributed by atoms with Crippen molar-refractivity contribution in [2.75, 3.05) is 27.2 Å². The fourth-order valence-electron chi connectivity index (χ4n) is 3.31. The highest BCUT2D eigenvalue weighted by atomic mass is 35.5. The van der Waals surface area contributed by atoms with Crippen LogP contribution in [-0.2, 0) is 0 Å². The summed E-state index contributed by atoms with van der Waals surface area (Å²) in [5.41, 5.74) is 2.33. The molecular formula is C15H21ClN2O. The van der Waals surface area contributed by atoms with E-state index in [0.29, 0.717) is 6.04 Å². The van der Waals surface area contributed by atoms with Gasteiger partial charge in [-0.15, -0.1) is 0 Å². The van der Waals surface area contributed by atoms with E-state index in [2.05, 4.69) is 37.3 Å². The maximum Gasteiger partial charge on any atom is 0.128 e. The third kappa shape index (κ3) is 2.24. The van der Waals surface area contributed by atoms with E-state index in [1.54, 1.807) is 0 Å². The topological polar surface area (TPSA) is 24.5 Å². The zero-order valence-corrected chi connectivity index (χ0v) is 12.5. The lowest BCUT2D eigenvalue weighted by Gasteiger charge is -2.42. The Labute approximate surface area is 119 Å². The number of hydrogen-bond acceptors (Lipinski definition) is 3. The quantitative estimate of drug-likeness (QED) is 0.856. The summed E-state index contributed by atoms with van der Waals surface area (Å²) in [6.07, 6.45) is 2.11. The molecule has 0 bridgehead atoms. The van der Waals surface area contributed by atoms with Crippen molar-refractivity contribution in [3.63, 3.8) is 0 Å². The molecule has 2 atom stereocenters. The van der Waals surface area contributed by atoms with Gasteiger partial charge in [-0.05, 0) is 45.3 Å². The fraction of sp³-hybridized carbons (Fsp3) is 0.600. The van der Waals surface area contributed by atoms with Crippen LogP contribution in [0.25, 0.3) is 0 Å². The summed E-state index contributed by atoms with van der Waals surface area (Å²) in [6.45, 7) is 4.07. The van der Waals surface area contributed by atoms with Crippen molar-refractivity contribution in [2.24, 2.45) is 0 Å². The number of halogens is 1.